The molecule has 0 saturated carbocycles. The molecule has 0 amide bonds. The van der Waals surface area contributed by atoms with Crippen LogP contribution in [0.2, 0.25) is 5.02 Å². The third kappa shape index (κ3) is 4.74. The van der Waals surface area contributed by atoms with Crippen molar-refractivity contribution in [2.45, 2.75) is 11.6 Å². The molecule has 1 aromatic heterocycles. The molecular weight excluding hydrogens is 280 g/mol. The molecule has 5 heteroatoms. The van der Waals surface area contributed by atoms with E-state index < -0.39 is 0 Å². The lowest BCUT2D eigenvalue weighted by atomic mass is 10.2. The number of pyridine rings is 1. The normalized spacial score (nSPS) is 10.4. The fraction of sp³-hybridized carbons (Fsp3) is 0.214. The Kier molecular flexibility index (Phi) is 5.51. The maximum atomic E-state index is 5.77. The standard InChI is InChI=1S/C14H15ClN2OS/c15-12-3-6-14(17-10-12)19-8-7-18-13-4-1-11(9-16)2-5-13/h1-6,10H,7-9,16H2. The van der Waals surface area contributed by atoms with Crippen LogP contribution in [0, 0.1) is 0 Å². The van der Waals surface area contributed by atoms with E-state index in [1.165, 1.54) is 0 Å². The van der Waals surface area contributed by atoms with Crippen LogP contribution in [0.5, 0.6) is 5.75 Å². The number of thioether (sulfide) groups is 1. The van der Waals surface area contributed by atoms with Crippen LogP contribution in [0.1, 0.15) is 5.56 Å². The first kappa shape index (κ1) is 14.2. The molecule has 0 fully saturated rings. The fourth-order valence-electron chi connectivity index (χ4n) is 1.48. The zero-order valence-electron chi connectivity index (χ0n) is 10.4. The van der Waals surface area contributed by atoms with Crippen LogP contribution in [0.3, 0.4) is 0 Å². The molecule has 0 bridgehead atoms. The molecule has 0 aliphatic heterocycles. The van der Waals surface area contributed by atoms with Crippen LogP contribution < -0.4 is 10.5 Å². The van der Waals surface area contributed by atoms with Crippen molar-refractivity contribution in [2.24, 2.45) is 5.73 Å². The van der Waals surface area contributed by atoms with Crippen molar-refractivity contribution in [1.29, 1.82) is 0 Å². The van der Waals surface area contributed by atoms with Crippen molar-refractivity contribution in [3.8, 4) is 5.75 Å². The lowest BCUT2D eigenvalue weighted by molar-refractivity contribution is 0.344. The fourth-order valence-corrected chi connectivity index (χ4v) is 2.25. The molecule has 100 valence electrons. The predicted molar refractivity (Wildman–Crippen MR) is 79.8 cm³/mol. The van der Waals surface area contributed by atoms with Gasteiger partial charge in [-0.1, -0.05) is 23.7 Å². The molecule has 2 aromatic rings. The molecule has 1 aromatic carbocycles. The third-order valence-corrected chi connectivity index (χ3v) is 3.59. The minimum absolute atomic E-state index is 0.554. The summed E-state index contributed by atoms with van der Waals surface area (Å²) in [6.45, 7) is 1.19. The highest BCUT2D eigenvalue weighted by atomic mass is 35.5. The van der Waals surface area contributed by atoms with E-state index in [0.29, 0.717) is 18.2 Å². The average molecular weight is 295 g/mol. The summed E-state index contributed by atoms with van der Waals surface area (Å²) in [6, 6.07) is 11.6. The van der Waals surface area contributed by atoms with Crippen LogP contribution in [0.4, 0.5) is 0 Å². The van der Waals surface area contributed by atoms with Gasteiger partial charge in [0.05, 0.1) is 16.7 Å². The number of halogens is 1. The van der Waals surface area contributed by atoms with E-state index in [1.807, 2.05) is 36.4 Å². The van der Waals surface area contributed by atoms with Gasteiger partial charge in [-0.2, -0.15) is 0 Å². The van der Waals surface area contributed by atoms with E-state index in [-0.39, 0.29) is 0 Å². The SMILES string of the molecule is NCc1ccc(OCCSc2ccc(Cl)cn2)cc1. The predicted octanol–water partition coefficient (Wildman–Crippen LogP) is 3.36. The van der Waals surface area contributed by atoms with Crippen LogP contribution in [0.15, 0.2) is 47.6 Å². The van der Waals surface area contributed by atoms with Gasteiger partial charge in [0.15, 0.2) is 0 Å². The molecule has 3 nitrogen and oxygen atoms in total. The maximum absolute atomic E-state index is 5.77. The van der Waals surface area contributed by atoms with Crippen molar-refractivity contribution in [3.05, 3.63) is 53.2 Å². The van der Waals surface area contributed by atoms with Gasteiger partial charge in [0.2, 0.25) is 0 Å². The molecule has 0 aliphatic rings. The molecular formula is C14H15ClN2OS. The molecule has 1 heterocycles. The Bertz CT molecular complexity index is 502. The number of hydrogen-bond acceptors (Lipinski definition) is 4. The van der Waals surface area contributed by atoms with Gasteiger partial charge in [-0.3, -0.25) is 0 Å². The average Bonchev–Trinajstić information content (AvgIpc) is 2.46. The number of nitrogens with two attached hydrogens (primary N) is 1. The van der Waals surface area contributed by atoms with Crippen LogP contribution >= 0.6 is 23.4 Å². The largest absolute Gasteiger partial charge is 0.493 e. The molecule has 0 atom stereocenters. The van der Waals surface area contributed by atoms with E-state index >= 15 is 0 Å². The summed E-state index contributed by atoms with van der Waals surface area (Å²) in [5.74, 6) is 1.70. The summed E-state index contributed by atoms with van der Waals surface area (Å²) >= 11 is 7.41. The van der Waals surface area contributed by atoms with Crippen molar-refractivity contribution >= 4 is 23.4 Å². The Hall–Kier alpha value is -1.23. The van der Waals surface area contributed by atoms with Crippen LogP contribution in [-0.4, -0.2) is 17.3 Å². The van der Waals surface area contributed by atoms with E-state index in [9.17, 15) is 0 Å². The second kappa shape index (κ2) is 7.38. The van der Waals surface area contributed by atoms with Crippen molar-refractivity contribution < 1.29 is 4.74 Å². The Labute approximate surface area is 122 Å². The van der Waals surface area contributed by atoms with Crippen LogP contribution in [0.25, 0.3) is 0 Å². The highest BCUT2D eigenvalue weighted by molar-refractivity contribution is 7.99. The van der Waals surface area contributed by atoms with Gasteiger partial charge in [0.25, 0.3) is 0 Å². The minimum atomic E-state index is 0.554. The third-order valence-electron chi connectivity index (χ3n) is 2.46. The minimum Gasteiger partial charge on any atom is -0.493 e. The molecule has 2 N–H and O–H groups in total. The second-order valence-corrected chi connectivity index (χ2v) is 5.41. The summed E-state index contributed by atoms with van der Waals surface area (Å²) in [5.41, 5.74) is 6.64. The van der Waals surface area contributed by atoms with Gasteiger partial charge in [-0.05, 0) is 29.8 Å². The summed E-state index contributed by atoms with van der Waals surface area (Å²) in [5, 5.41) is 1.60. The Morgan fingerprint density at radius 1 is 1.16 bits per heavy atom. The zero-order valence-corrected chi connectivity index (χ0v) is 12.0. The van der Waals surface area contributed by atoms with Gasteiger partial charge in [0.1, 0.15) is 5.75 Å². The number of ether oxygens (including phenoxy) is 1. The lowest BCUT2D eigenvalue weighted by Crippen LogP contribution is -2.01. The maximum Gasteiger partial charge on any atom is 0.119 e. The lowest BCUT2D eigenvalue weighted by Gasteiger charge is -2.06. The Morgan fingerprint density at radius 2 is 1.95 bits per heavy atom. The van der Waals surface area contributed by atoms with Gasteiger partial charge in [0, 0.05) is 18.5 Å². The van der Waals surface area contributed by atoms with Gasteiger partial charge in [-0.25, -0.2) is 4.98 Å². The first-order valence-electron chi connectivity index (χ1n) is 5.94. The topological polar surface area (TPSA) is 48.1 Å². The van der Waals surface area contributed by atoms with Crippen molar-refractivity contribution in [2.75, 3.05) is 12.4 Å². The molecule has 0 spiro atoms. The summed E-state index contributed by atoms with van der Waals surface area (Å²) in [7, 11) is 0. The Balaban J connectivity index is 1.72. The van der Waals surface area contributed by atoms with Crippen molar-refractivity contribution in [3.63, 3.8) is 0 Å². The van der Waals surface area contributed by atoms with E-state index in [2.05, 4.69) is 4.98 Å². The number of benzene rings is 1. The number of nitrogens with zero attached hydrogens (tertiary/aromatic N) is 1. The molecule has 2 rings (SSSR count). The summed E-state index contributed by atoms with van der Waals surface area (Å²) < 4.78 is 5.64. The second-order valence-electron chi connectivity index (χ2n) is 3.86. The zero-order chi connectivity index (χ0) is 13.5. The van der Waals surface area contributed by atoms with E-state index in [0.717, 1.165) is 22.1 Å². The molecule has 0 unspecified atom stereocenters. The van der Waals surface area contributed by atoms with E-state index in [1.54, 1.807) is 18.0 Å². The number of hydrogen-bond donors (Lipinski definition) is 1. The molecule has 19 heavy (non-hydrogen) atoms. The molecule has 0 saturated heterocycles. The quantitative estimate of drug-likeness (QED) is 0.655. The monoisotopic (exact) mass is 294 g/mol. The summed E-state index contributed by atoms with van der Waals surface area (Å²) in [6.07, 6.45) is 1.65. The van der Waals surface area contributed by atoms with Gasteiger partial charge >= 0.3 is 0 Å². The molecule has 0 aliphatic carbocycles. The highest BCUT2D eigenvalue weighted by Crippen LogP contribution is 2.18. The first-order valence-corrected chi connectivity index (χ1v) is 7.30. The first-order chi connectivity index (χ1) is 9.28. The van der Waals surface area contributed by atoms with E-state index in [4.69, 9.17) is 22.1 Å². The van der Waals surface area contributed by atoms with Crippen molar-refractivity contribution in [1.82, 2.24) is 4.98 Å². The highest BCUT2D eigenvalue weighted by Gasteiger charge is 1.98. The number of aromatic nitrogens is 1. The Morgan fingerprint density at radius 3 is 2.58 bits per heavy atom. The molecule has 0 radical (unpaired) electrons. The number of rotatable bonds is 6. The van der Waals surface area contributed by atoms with Crippen LogP contribution in [-0.2, 0) is 6.54 Å². The summed E-state index contributed by atoms with van der Waals surface area (Å²) in [4.78, 5) is 4.21. The smallest absolute Gasteiger partial charge is 0.119 e. The van der Waals surface area contributed by atoms with Gasteiger partial charge < -0.3 is 10.5 Å². The van der Waals surface area contributed by atoms with Gasteiger partial charge in [-0.15, -0.1) is 11.8 Å².